The maximum absolute atomic E-state index is 9.80. The summed E-state index contributed by atoms with van der Waals surface area (Å²) in [4.78, 5) is 0. The number of fused-ring (bicyclic) bond motifs is 2. The number of hydrogen-bond acceptors (Lipinski definition) is 2. The molecule has 0 aromatic heterocycles. The van der Waals surface area contributed by atoms with Crippen LogP contribution in [0.4, 0.5) is 0 Å². The Hall–Kier alpha value is -0.600. The Morgan fingerprint density at radius 1 is 1.21 bits per heavy atom. The first-order chi connectivity index (χ1) is 11.3. The number of rotatable bonds is 4. The molecule has 6 atom stereocenters. The maximum atomic E-state index is 9.80. The van der Waals surface area contributed by atoms with E-state index in [1.807, 2.05) is 0 Å². The molecule has 2 bridgehead atoms. The van der Waals surface area contributed by atoms with Gasteiger partial charge in [0.1, 0.15) is 0 Å². The minimum Gasteiger partial charge on any atom is -0.396 e. The smallest absolute Gasteiger partial charge is 0.0436 e. The standard InChI is InChI=1S/C22H34O2/c1-14-12-17-16(6-10-23)13-21(9-11-24)7-5-8-22(17,15(21)2)19-18(14)20(19,3)4/h12,15-16,18-19,23-24H,1,5-11,13H2,2-4H3/t15-,16-,18+,19-,21+,22+/m0/s1. The fourth-order valence-corrected chi connectivity index (χ4v) is 7.88. The highest BCUT2D eigenvalue weighted by Gasteiger charge is 2.74. The predicted molar refractivity (Wildman–Crippen MR) is 97.4 cm³/mol. The van der Waals surface area contributed by atoms with Gasteiger partial charge in [-0.1, -0.05) is 51.0 Å². The molecule has 4 aliphatic carbocycles. The lowest BCUT2D eigenvalue weighted by Gasteiger charge is -2.63. The molecule has 0 aliphatic heterocycles. The minimum absolute atomic E-state index is 0.269. The summed E-state index contributed by atoms with van der Waals surface area (Å²) in [5, 5.41) is 19.5. The first-order valence-corrected chi connectivity index (χ1v) is 9.98. The van der Waals surface area contributed by atoms with Crippen LogP contribution < -0.4 is 0 Å². The van der Waals surface area contributed by atoms with Gasteiger partial charge in [-0.25, -0.2) is 0 Å². The fraction of sp³-hybridized carbons (Fsp3) is 0.818. The SMILES string of the molecule is C=C1C=C2[C@@H](CCO)C[C@]3(CCO)CCC[C@@]2([C@H]2[C@@H]1C2(C)C)[C@H]3C. The van der Waals surface area contributed by atoms with Gasteiger partial charge in [-0.3, -0.25) is 0 Å². The summed E-state index contributed by atoms with van der Waals surface area (Å²) in [6.07, 6.45) is 9.24. The fourth-order valence-electron chi connectivity index (χ4n) is 7.88. The normalized spacial score (nSPS) is 48.4. The molecule has 0 aromatic carbocycles. The van der Waals surface area contributed by atoms with E-state index in [0.29, 0.717) is 41.1 Å². The third-order valence-corrected chi connectivity index (χ3v) is 8.80. The molecule has 4 rings (SSSR count). The van der Waals surface area contributed by atoms with E-state index in [1.54, 1.807) is 5.57 Å². The maximum Gasteiger partial charge on any atom is 0.0436 e. The molecule has 0 aromatic rings. The van der Waals surface area contributed by atoms with E-state index in [-0.39, 0.29) is 12.0 Å². The van der Waals surface area contributed by atoms with Gasteiger partial charge in [0.2, 0.25) is 0 Å². The summed E-state index contributed by atoms with van der Waals surface area (Å²) in [6, 6.07) is 0. The molecule has 134 valence electrons. The summed E-state index contributed by atoms with van der Waals surface area (Å²) in [6.45, 7) is 12.3. The van der Waals surface area contributed by atoms with Gasteiger partial charge in [0.25, 0.3) is 0 Å². The summed E-state index contributed by atoms with van der Waals surface area (Å²) in [5.74, 6) is 2.47. The first kappa shape index (κ1) is 16.8. The molecule has 2 nitrogen and oxygen atoms in total. The van der Waals surface area contributed by atoms with Crippen LogP contribution in [0.3, 0.4) is 0 Å². The molecule has 2 N–H and O–H groups in total. The monoisotopic (exact) mass is 330 g/mol. The van der Waals surface area contributed by atoms with E-state index in [0.717, 1.165) is 19.3 Å². The molecule has 3 saturated carbocycles. The first-order valence-electron chi connectivity index (χ1n) is 9.98. The second kappa shape index (κ2) is 5.20. The van der Waals surface area contributed by atoms with Crippen molar-refractivity contribution < 1.29 is 10.2 Å². The van der Waals surface area contributed by atoms with Gasteiger partial charge in [0, 0.05) is 13.2 Å². The van der Waals surface area contributed by atoms with Crippen molar-refractivity contribution in [3.05, 3.63) is 23.8 Å². The number of hydrogen-bond donors (Lipinski definition) is 2. The van der Waals surface area contributed by atoms with E-state index in [4.69, 9.17) is 0 Å². The molecule has 3 fully saturated rings. The van der Waals surface area contributed by atoms with Crippen molar-refractivity contribution >= 4 is 0 Å². The van der Waals surface area contributed by atoms with Crippen molar-refractivity contribution in [3.8, 4) is 0 Å². The lowest BCUT2D eigenvalue weighted by atomic mass is 9.41. The van der Waals surface area contributed by atoms with Crippen molar-refractivity contribution in [2.45, 2.75) is 59.3 Å². The highest BCUT2D eigenvalue weighted by atomic mass is 16.3. The molecular weight excluding hydrogens is 296 g/mol. The Balaban J connectivity index is 1.86. The van der Waals surface area contributed by atoms with Crippen molar-refractivity contribution in [2.24, 2.45) is 39.9 Å². The van der Waals surface area contributed by atoms with Crippen LogP contribution in [0, 0.1) is 39.9 Å². The molecule has 1 spiro atoms. The van der Waals surface area contributed by atoms with E-state index < -0.39 is 0 Å². The van der Waals surface area contributed by atoms with Gasteiger partial charge < -0.3 is 10.2 Å². The molecule has 0 amide bonds. The van der Waals surface area contributed by atoms with Gasteiger partial charge in [0.05, 0.1) is 0 Å². The lowest BCUT2D eigenvalue weighted by molar-refractivity contribution is -0.0857. The lowest BCUT2D eigenvalue weighted by Crippen LogP contribution is -2.55. The zero-order valence-corrected chi connectivity index (χ0v) is 15.6. The Labute approximate surface area is 147 Å². The van der Waals surface area contributed by atoms with Crippen molar-refractivity contribution in [1.82, 2.24) is 0 Å². The Kier molecular flexibility index (Phi) is 3.65. The van der Waals surface area contributed by atoms with Gasteiger partial charge in [-0.05, 0) is 72.0 Å². The largest absolute Gasteiger partial charge is 0.396 e. The predicted octanol–water partition coefficient (Wildman–Crippen LogP) is 4.33. The van der Waals surface area contributed by atoms with Crippen molar-refractivity contribution in [2.75, 3.05) is 13.2 Å². The third kappa shape index (κ3) is 1.85. The number of aliphatic hydroxyl groups excluding tert-OH is 2. The molecule has 2 heteroatoms. The van der Waals surface area contributed by atoms with E-state index >= 15 is 0 Å². The molecular formula is C22H34O2. The van der Waals surface area contributed by atoms with Gasteiger partial charge >= 0.3 is 0 Å². The summed E-state index contributed by atoms with van der Waals surface area (Å²) in [5.41, 5.74) is 3.87. The molecule has 0 heterocycles. The van der Waals surface area contributed by atoms with Crippen LogP contribution in [0.1, 0.15) is 59.3 Å². The van der Waals surface area contributed by atoms with E-state index in [1.165, 1.54) is 24.8 Å². The van der Waals surface area contributed by atoms with Crippen LogP contribution in [0.15, 0.2) is 23.8 Å². The second-order valence-corrected chi connectivity index (χ2v) is 9.82. The summed E-state index contributed by atoms with van der Waals surface area (Å²) >= 11 is 0. The molecule has 0 radical (unpaired) electrons. The Bertz CT molecular complexity index is 585. The average Bonchev–Trinajstić information content (AvgIpc) is 3.10. The van der Waals surface area contributed by atoms with Crippen LogP contribution in [-0.2, 0) is 0 Å². The summed E-state index contributed by atoms with van der Waals surface area (Å²) in [7, 11) is 0. The van der Waals surface area contributed by atoms with Crippen molar-refractivity contribution in [1.29, 1.82) is 0 Å². The molecule has 0 saturated heterocycles. The molecule has 4 aliphatic rings. The van der Waals surface area contributed by atoms with E-state index in [9.17, 15) is 10.2 Å². The van der Waals surface area contributed by atoms with Crippen LogP contribution in [0.5, 0.6) is 0 Å². The number of allylic oxidation sites excluding steroid dienone is 3. The van der Waals surface area contributed by atoms with Crippen LogP contribution in [-0.4, -0.2) is 23.4 Å². The zero-order chi connectivity index (χ0) is 17.3. The van der Waals surface area contributed by atoms with Gasteiger partial charge in [-0.2, -0.15) is 0 Å². The van der Waals surface area contributed by atoms with Crippen LogP contribution >= 0.6 is 0 Å². The van der Waals surface area contributed by atoms with Crippen molar-refractivity contribution in [3.63, 3.8) is 0 Å². The summed E-state index contributed by atoms with van der Waals surface area (Å²) < 4.78 is 0. The quantitative estimate of drug-likeness (QED) is 0.805. The zero-order valence-electron chi connectivity index (χ0n) is 15.6. The minimum atomic E-state index is 0.269. The number of aliphatic hydroxyl groups is 2. The third-order valence-electron chi connectivity index (χ3n) is 8.80. The molecule has 0 unspecified atom stereocenters. The van der Waals surface area contributed by atoms with Gasteiger partial charge in [-0.15, -0.1) is 0 Å². The Morgan fingerprint density at radius 2 is 1.96 bits per heavy atom. The second-order valence-electron chi connectivity index (χ2n) is 9.82. The van der Waals surface area contributed by atoms with Crippen LogP contribution in [0.2, 0.25) is 0 Å². The molecule has 24 heavy (non-hydrogen) atoms. The Morgan fingerprint density at radius 3 is 2.62 bits per heavy atom. The highest BCUT2D eigenvalue weighted by molar-refractivity contribution is 5.47. The topological polar surface area (TPSA) is 40.5 Å². The highest BCUT2D eigenvalue weighted by Crippen LogP contribution is 2.80. The van der Waals surface area contributed by atoms with E-state index in [2.05, 4.69) is 33.4 Å². The average molecular weight is 331 g/mol. The van der Waals surface area contributed by atoms with Gasteiger partial charge in [0.15, 0.2) is 0 Å². The van der Waals surface area contributed by atoms with Crippen LogP contribution in [0.25, 0.3) is 0 Å².